The Labute approximate surface area is 122 Å². The zero-order valence-corrected chi connectivity index (χ0v) is 13.7. The SMILES string of the molecule is CC(C)NS(=O)(=O)CCNC(=O)N1CC[C@@H](C)[C@@H](C)C1. The van der Waals surface area contributed by atoms with Crippen molar-refractivity contribution in [2.24, 2.45) is 11.8 Å². The standard InChI is InChI=1S/C13H27N3O3S/c1-10(2)15-20(18,19)8-6-14-13(17)16-7-5-11(3)12(4)9-16/h10-12,15H,5-9H2,1-4H3,(H,14,17)/t11-,12+/m1/s1. The number of nitrogens with zero attached hydrogens (tertiary/aromatic N) is 1. The van der Waals surface area contributed by atoms with Crippen molar-refractivity contribution in [1.29, 1.82) is 0 Å². The second-order valence-corrected chi connectivity index (χ2v) is 7.89. The highest BCUT2D eigenvalue weighted by molar-refractivity contribution is 7.89. The second kappa shape index (κ2) is 7.26. The Balaban J connectivity index is 2.34. The van der Waals surface area contributed by atoms with Gasteiger partial charge in [-0.2, -0.15) is 0 Å². The lowest BCUT2D eigenvalue weighted by molar-refractivity contribution is 0.145. The van der Waals surface area contributed by atoms with Crippen LogP contribution in [0.25, 0.3) is 0 Å². The molecule has 0 aromatic heterocycles. The third-order valence-corrected chi connectivity index (χ3v) is 5.26. The fraction of sp³-hybridized carbons (Fsp3) is 0.923. The number of rotatable bonds is 5. The van der Waals surface area contributed by atoms with Gasteiger partial charge in [0.05, 0.1) is 5.75 Å². The van der Waals surface area contributed by atoms with E-state index in [4.69, 9.17) is 0 Å². The summed E-state index contributed by atoms with van der Waals surface area (Å²) in [5, 5.41) is 2.68. The van der Waals surface area contributed by atoms with Crippen LogP contribution in [0, 0.1) is 11.8 Å². The van der Waals surface area contributed by atoms with E-state index in [1.807, 2.05) is 0 Å². The Hall–Kier alpha value is -0.820. The largest absolute Gasteiger partial charge is 0.337 e. The average molecular weight is 305 g/mol. The van der Waals surface area contributed by atoms with Crippen LogP contribution in [0.4, 0.5) is 4.79 Å². The fourth-order valence-corrected chi connectivity index (χ4v) is 3.48. The molecule has 0 aliphatic carbocycles. The highest BCUT2D eigenvalue weighted by atomic mass is 32.2. The van der Waals surface area contributed by atoms with Crippen molar-refractivity contribution < 1.29 is 13.2 Å². The van der Waals surface area contributed by atoms with E-state index in [2.05, 4.69) is 23.9 Å². The smallest absolute Gasteiger partial charge is 0.317 e. The molecule has 0 bridgehead atoms. The molecule has 118 valence electrons. The summed E-state index contributed by atoms with van der Waals surface area (Å²) in [6, 6.07) is -0.288. The third kappa shape index (κ3) is 5.66. The van der Waals surface area contributed by atoms with Crippen molar-refractivity contribution >= 4 is 16.1 Å². The van der Waals surface area contributed by atoms with E-state index in [9.17, 15) is 13.2 Å². The minimum absolute atomic E-state index is 0.0866. The highest BCUT2D eigenvalue weighted by Crippen LogP contribution is 2.22. The van der Waals surface area contributed by atoms with Gasteiger partial charge in [0, 0.05) is 25.7 Å². The molecule has 0 spiro atoms. The first-order valence-electron chi connectivity index (χ1n) is 7.24. The Bertz CT molecular complexity index is 423. The van der Waals surface area contributed by atoms with Gasteiger partial charge in [-0.3, -0.25) is 0 Å². The van der Waals surface area contributed by atoms with Gasteiger partial charge < -0.3 is 10.2 Å². The van der Waals surface area contributed by atoms with Crippen LogP contribution in [0.15, 0.2) is 0 Å². The Kier molecular flexibility index (Phi) is 6.26. The first-order chi connectivity index (χ1) is 9.21. The molecule has 1 heterocycles. The van der Waals surface area contributed by atoms with Crippen molar-refractivity contribution in [2.45, 2.75) is 40.2 Å². The van der Waals surface area contributed by atoms with Gasteiger partial charge in [0.2, 0.25) is 10.0 Å². The number of hydrogen-bond donors (Lipinski definition) is 2. The average Bonchev–Trinajstić information content (AvgIpc) is 2.30. The molecule has 7 heteroatoms. The van der Waals surface area contributed by atoms with Crippen molar-refractivity contribution in [3.8, 4) is 0 Å². The summed E-state index contributed by atoms with van der Waals surface area (Å²) in [6.07, 6.45) is 1.00. The number of carbonyl (C=O) groups is 1. The Morgan fingerprint density at radius 1 is 1.30 bits per heavy atom. The molecule has 20 heavy (non-hydrogen) atoms. The van der Waals surface area contributed by atoms with Crippen LogP contribution in [-0.4, -0.2) is 50.8 Å². The predicted octanol–water partition coefficient (Wildman–Crippen LogP) is 1.00. The number of amides is 2. The molecule has 0 aromatic rings. The van der Waals surface area contributed by atoms with Crippen LogP contribution in [0.1, 0.15) is 34.1 Å². The molecule has 2 N–H and O–H groups in total. The lowest BCUT2D eigenvalue weighted by Gasteiger charge is -2.35. The zero-order chi connectivity index (χ0) is 15.3. The third-order valence-electron chi connectivity index (χ3n) is 3.68. The molecule has 6 nitrogen and oxygen atoms in total. The summed E-state index contributed by atoms with van der Waals surface area (Å²) in [7, 11) is -3.31. The quantitative estimate of drug-likeness (QED) is 0.795. The number of sulfonamides is 1. The summed E-state index contributed by atoms with van der Waals surface area (Å²) >= 11 is 0. The van der Waals surface area contributed by atoms with E-state index in [0.29, 0.717) is 11.8 Å². The van der Waals surface area contributed by atoms with Crippen LogP contribution >= 0.6 is 0 Å². The highest BCUT2D eigenvalue weighted by Gasteiger charge is 2.25. The summed E-state index contributed by atoms with van der Waals surface area (Å²) in [5.74, 6) is 1.03. The molecular formula is C13H27N3O3S. The normalized spacial score (nSPS) is 23.9. The number of hydrogen-bond acceptors (Lipinski definition) is 3. The molecule has 1 saturated heterocycles. The lowest BCUT2D eigenvalue weighted by atomic mass is 9.89. The molecule has 1 fully saturated rings. The van der Waals surface area contributed by atoms with Crippen molar-refractivity contribution in [1.82, 2.24) is 14.9 Å². The van der Waals surface area contributed by atoms with Crippen LogP contribution in [0.5, 0.6) is 0 Å². The van der Waals surface area contributed by atoms with Gasteiger partial charge in [-0.25, -0.2) is 17.9 Å². The van der Waals surface area contributed by atoms with Crippen molar-refractivity contribution in [3.63, 3.8) is 0 Å². The second-order valence-electron chi connectivity index (χ2n) is 6.01. The van der Waals surface area contributed by atoms with E-state index < -0.39 is 10.0 Å². The Morgan fingerprint density at radius 3 is 2.50 bits per heavy atom. The van der Waals surface area contributed by atoms with Crippen molar-refractivity contribution in [2.75, 3.05) is 25.4 Å². The zero-order valence-electron chi connectivity index (χ0n) is 12.8. The van der Waals surface area contributed by atoms with E-state index >= 15 is 0 Å². The maximum Gasteiger partial charge on any atom is 0.317 e. The predicted molar refractivity (Wildman–Crippen MR) is 80.0 cm³/mol. The first kappa shape index (κ1) is 17.2. The molecule has 1 rings (SSSR count). The molecular weight excluding hydrogens is 278 g/mol. The molecule has 0 aromatic carbocycles. The molecule has 2 amide bonds. The van der Waals surface area contributed by atoms with E-state index in [1.54, 1.807) is 18.7 Å². The van der Waals surface area contributed by atoms with E-state index in [1.165, 1.54) is 0 Å². The number of likely N-dealkylation sites (tertiary alicyclic amines) is 1. The summed E-state index contributed by atoms with van der Waals surface area (Å²) < 4.78 is 25.7. The van der Waals surface area contributed by atoms with Crippen molar-refractivity contribution in [3.05, 3.63) is 0 Å². The minimum Gasteiger partial charge on any atom is -0.337 e. The minimum atomic E-state index is -3.31. The summed E-state index contributed by atoms with van der Waals surface area (Å²) in [6.45, 7) is 9.50. The molecule has 1 aliphatic heterocycles. The van der Waals surface area contributed by atoms with Gasteiger partial charge in [0.25, 0.3) is 0 Å². The van der Waals surface area contributed by atoms with Gasteiger partial charge in [-0.05, 0) is 32.1 Å². The molecule has 0 radical (unpaired) electrons. The van der Waals surface area contributed by atoms with Crippen LogP contribution in [0.3, 0.4) is 0 Å². The monoisotopic (exact) mass is 305 g/mol. The fourth-order valence-electron chi connectivity index (χ4n) is 2.27. The number of piperidine rings is 1. The topological polar surface area (TPSA) is 78.5 Å². The van der Waals surface area contributed by atoms with Gasteiger partial charge in [0.15, 0.2) is 0 Å². The molecule has 2 atom stereocenters. The van der Waals surface area contributed by atoms with E-state index in [0.717, 1.165) is 19.5 Å². The van der Waals surface area contributed by atoms with Crippen LogP contribution < -0.4 is 10.0 Å². The van der Waals surface area contributed by atoms with E-state index in [-0.39, 0.29) is 24.4 Å². The van der Waals surface area contributed by atoms with Gasteiger partial charge in [-0.15, -0.1) is 0 Å². The van der Waals surface area contributed by atoms with Gasteiger partial charge >= 0.3 is 6.03 Å². The maximum atomic E-state index is 12.0. The van der Waals surface area contributed by atoms with Gasteiger partial charge in [0.1, 0.15) is 0 Å². The maximum absolute atomic E-state index is 12.0. The van der Waals surface area contributed by atoms with Crippen LogP contribution in [0.2, 0.25) is 0 Å². The number of carbonyl (C=O) groups excluding carboxylic acids is 1. The summed E-state index contributed by atoms with van der Waals surface area (Å²) in [4.78, 5) is 13.7. The summed E-state index contributed by atoms with van der Waals surface area (Å²) in [5.41, 5.74) is 0. The van der Waals surface area contributed by atoms with Crippen LogP contribution in [-0.2, 0) is 10.0 Å². The lowest BCUT2D eigenvalue weighted by Crippen LogP contribution is -2.48. The molecule has 0 saturated carbocycles. The molecule has 0 unspecified atom stereocenters. The van der Waals surface area contributed by atoms with Gasteiger partial charge in [-0.1, -0.05) is 13.8 Å². The number of urea groups is 1. The molecule has 1 aliphatic rings. The Morgan fingerprint density at radius 2 is 1.95 bits per heavy atom. The first-order valence-corrected chi connectivity index (χ1v) is 8.89. The number of nitrogens with one attached hydrogen (secondary N) is 2.